The van der Waals surface area contributed by atoms with Crippen LogP contribution in [-0.4, -0.2) is 150 Å². The van der Waals surface area contributed by atoms with Gasteiger partial charge in [-0.1, -0.05) is 0 Å². The molecular formula is C32H26F39NOSn. The number of piperidine rings is 1. The van der Waals surface area contributed by atoms with E-state index in [1.807, 2.05) is 0 Å². The molecule has 1 rings (SSSR count). The van der Waals surface area contributed by atoms with Gasteiger partial charge in [0, 0.05) is 0 Å². The Morgan fingerprint density at radius 3 is 0.689 bits per heavy atom. The minimum atomic E-state index is -8.89. The second-order valence-electron chi connectivity index (χ2n) is 16.4. The van der Waals surface area contributed by atoms with Crippen molar-refractivity contribution in [3.05, 3.63) is 0 Å². The quantitative estimate of drug-likeness (QED) is 0.0697. The Labute approximate surface area is 388 Å². The maximum atomic E-state index is 15.1. The van der Waals surface area contributed by atoms with Crippen molar-refractivity contribution >= 4 is 24.3 Å². The van der Waals surface area contributed by atoms with Crippen molar-refractivity contribution in [2.24, 2.45) is 0 Å². The van der Waals surface area contributed by atoms with E-state index >= 15 is 26.3 Å². The van der Waals surface area contributed by atoms with E-state index in [0.717, 1.165) is 0 Å². The summed E-state index contributed by atoms with van der Waals surface area (Å²) in [6.07, 6.45) is -38.8. The van der Waals surface area contributed by atoms with Crippen LogP contribution in [0.4, 0.5) is 171 Å². The molecule has 2 nitrogen and oxygen atoms in total. The standard InChI is InChI=1S/3C8H4F13.C8H14NO.Sn/c3*1-2-3(9,10)4(11,12)5(13,14)6(15,16)7(17,18)8(19,20)21;1-2-8(10)9-6-4-3-5-7-9;/h3*1-2H2;1-7H2;. The summed E-state index contributed by atoms with van der Waals surface area (Å²) in [6.45, 7) is -1.19. The number of alkyl halides is 39. The summed E-state index contributed by atoms with van der Waals surface area (Å²) in [5, 5.41) is 0. The number of hydrogen-bond acceptors (Lipinski definition) is 1. The molecule has 1 fully saturated rings. The van der Waals surface area contributed by atoms with E-state index in [2.05, 4.69) is 0 Å². The molecule has 0 unspecified atom stereocenters. The van der Waals surface area contributed by atoms with Gasteiger partial charge in [-0.05, 0) is 0 Å². The predicted molar refractivity (Wildman–Crippen MR) is 166 cm³/mol. The van der Waals surface area contributed by atoms with Gasteiger partial charge in [0.25, 0.3) is 0 Å². The van der Waals surface area contributed by atoms with Crippen LogP contribution in [-0.2, 0) is 4.79 Å². The first-order valence-corrected chi connectivity index (χ1v) is 27.1. The van der Waals surface area contributed by atoms with Gasteiger partial charge in [0.15, 0.2) is 0 Å². The van der Waals surface area contributed by atoms with Crippen LogP contribution < -0.4 is 0 Å². The zero-order valence-corrected chi connectivity index (χ0v) is 37.6. The summed E-state index contributed by atoms with van der Waals surface area (Å²) < 4.78 is 529. The number of amides is 1. The van der Waals surface area contributed by atoms with Gasteiger partial charge in [0.05, 0.1) is 0 Å². The van der Waals surface area contributed by atoms with Crippen LogP contribution in [0.2, 0.25) is 17.7 Å². The van der Waals surface area contributed by atoms with E-state index in [4.69, 9.17) is 0 Å². The van der Waals surface area contributed by atoms with Crippen molar-refractivity contribution in [2.75, 3.05) is 13.1 Å². The second-order valence-corrected chi connectivity index (χ2v) is 30.7. The molecule has 442 valence electrons. The fourth-order valence-electron chi connectivity index (χ4n) is 6.57. The SMILES string of the molecule is O=C(C[CH2][Sn]([CH2]CC(F)(F)C(F)(F)C(F)(F)C(F)(F)C(F)(F)C(F)(F)F)([CH2]CC(F)(F)C(F)(F)C(F)(F)C(F)(F)C(F)(F)C(F)(F)F)[CH2]CC(F)(F)C(F)(F)C(F)(F)C(F)(F)C(F)(F)C(F)(F)F)N1CCCCC1. The third-order valence-electron chi connectivity index (χ3n) is 11.5. The normalized spacial score (nSPS) is 17.6. The van der Waals surface area contributed by atoms with Gasteiger partial charge >= 0.3 is 388 Å². The van der Waals surface area contributed by atoms with E-state index in [9.17, 15) is 150 Å². The minimum absolute atomic E-state index is 0.124. The van der Waals surface area contributed by atoms with Gasteiger partial charge < -0.3 is 0 Å². The Morgan fingerprint density at radius 2 is 0.486 bits per heavy atom. The van der Waals surface area contributed by atoms with Crippen LogP contribution in [0.15, 0.2) is 0 Å². The number of nitrogens with zero attached hydrogens (tertiary/aromatic N) is 1. The van der Waals surface area contributed by atoms with Crippen molar-refractivity contribution in [1.29, 1.82) is 0 Å². The predicted octanol–water partition coefficient (Wildman–Crippen LogP) is 16.2. The third-order valence-corrected chi connectivity index (χ3v) is 26.4. The van der Waals surface area contributed by atoms with Gasteiger partial charge in [-0.15, -0.1) is 0 Å². The van der Waals surface area contributed by atoms with Gasteiger partial charge in [-0.25, -0.2) is 0 Å². The molecule has 0 aromatic rings. The van der Waals surface area contributed by atoms with E-state index < -0.39 is 188 Å². The molecule has 0 aromatic carbocycles. The molecule has 1 amide bonds. The van der Waals surface area contributed by atoms with Gasteiger partial charge in [-0.3, -0.25) is 0 Å². The van der Waals surface area contributed by atoms with Gasteiger partial charge in [0.2, 0.25) is 0 Å². The van der Waals surface area contributed by atoms with Crippen molar-refractivity contribution in [3.8, 4) is 0 Å². The summed E-state index contributed by atoms with van der Waals surface area (Å²) >= 11 is -8.12. The van der Waals surface area contributed by atoms with Crippen molar-refractivity contribution in [2.45, 2.75) is 170 Å². The first-order valence-electron chi connectivity index (χ1n) is 19.0. The fraction of sp³-hybridized carbons (Fsp3) is 0.969. The second kappa shape index (κ2) is 20.0. The van der Waals surface area contributed by atoms with Crippen LogP contribution in [0.5, 0.6) is 0 Å². The molecule has 1 aliphatic rings. The molecule has 1 saturated heterocycles. The monoisotopic (exact) mass is 1300 g/mol. The summed E-state index contributed by atoms with van der Waals surface area (Å²) in [4.78, 5) is 13.3. The first kappa shape index (κ1) is 69.6. The zero-order valence-electron chi connectivity index (χ0n) is 34.8. The molecule has 1 aliphatic heterocycles. The van der Waals surface area contributed by atoms with Crippen molar-refractivity contribution < 1.29 is 176 Å². The number of carbonyl (C=O) groups is 1. The van der Waals surface area contributed by atoms with Crippen molar-refractivity contribution in [3.63, 3.8) is 0 Å². The Hall–Kier alpha value is -2.46. The molecule has 1 heterocycles. The molecule has 0 N–H and O–H groups in total. The number of halogens is 39. The molecular weight excluding hydrogens is 1270 g/mol. The molecule has 0 aliphatic carbocycles. The Balaban J connectivity index is 4.41. The van der Waals surface area contributed by atoms with Crippen LogP contribution in [0, 0.1) is 0 Å². The van der Waals surface area contributed by atoms with Crippen LogP contribution in [0.1, 0.15) is 44.9 Å². The number of carbonyl (C=O) groups excluding carboxylic acids is 1. The summed E-state index contributed by atoms with van der Waals surface area (Å²) in [6, 6.07) is 0. The van der Waals surface area contributed by atoms with E-state index in [0.29, 0.717) is 4.90 Å². The summed E-state index contributed by atoms with van der Waals surface area (Å²) in [7, 11) is 0. The molecule has 0 saturated carbocycles. The summed E-state index contributed by atoms with van der Waals surface area (Å²) in [5.74, 6) is -129. The van der Waals surface area contributed by atoms with Crippen LogP contribution in [0.25, 0.3) is 0 Å². The first-order chi connectivity index (χ1) is 31.9. The zero-order chi connectivity index (χ0) is 59.8. The van der Waals surface area contributed by atoms with Gasteiger partial charge in [-0.2, -0.15) is 0 Å². The topological polar surface area (TPSA) is 20.3 Å². The molecule has 0 aromatic heterocycles. The number of hydrogen-bond donors (Lipinski definition) is 0. The molecule has 0 atom stereocenters. The average Bonchev–Trinajstić information content (AvgIpc) is 3.21. The summed E-state index contributed by atoms with van der Waals surface area (Å²) in [5.41, 5.74) is 0. The fourth-order valence-corrected chi connectivity index (χ4v) is 20.2. The maximum absolute atomic E-state index is 15.1. The molecule has 0 spiro atoms. The third kappa shape index (κ3) is 11.1. The Morgan fingerprint density at radius 1 is 0.284 bits per heavy atom. The van der Waals surface area contributed by atoms with Crippen LogP contribution >= 0.6 is 0 Å². The Kier molecular flexibility index (Phi) is 18.8. The van der Waals surface area contributed by atoms with Crippen LogP contribution in [0.3, 0.4) is 0 Å². The van der Waals surface area contributed by atoms with E-state index in [1.165, 1.54) is 0 Å². The number of likely N-dealkylation sites (tertiary alicyclic amines) is 1. The van der Waals surface area contributed by atoms with E-state index in [1.54, 1.807) is 0 Å². The van der Waals surface area contributed by atoms with Gasteiger partial charge in [0.1, 0.15) is 0 Å². The number of rotatable bonds is 24. The van der Waals surface area contributed by atoms with E-state index in [-0.39, 0.29) is 19.3 Å². The van der Waals surface area contributed by atoms with Crippen molar-refractivity contribution in [1.82, 2.24) is 4.90 Å². The molecule has 74 heavy (non-hydrogen) atoms. The molecule has 42 heteroatoms. The molecule has 0 bridgehead atoms. The average molecular weight is 1300 g/mol. The molecule has 0 radical (unpaired) electrons. The Bertz CT molecular complexity index is 1730.